The molecule has 0 bridgehead atoms. The molecule has 0 heterocycles. The van der Waals surface area contributed by atoms with Gasteiger partial charge in [0.15, 0.2) is 0 Å². The fraction of sp³-hybridized carbons (Fsp3) is 0.417. The summed E-state index contributed by atoms with van der Waals surface area (Å²) >= 11 is 0. The average molecular weight is 204 g/mol. The van der Waals surface area contributed by atoms with Crippen LogP contribution in [0.1, 0.15) is 18.1 Å². The van der Waals surface area contributed by atoms with Crippen LogP contribution in [0.3, 0.4) is 0 Å². The van der Waals surface area contributed by atoms with Crippen molar-refractivity contribution < 1.29 is 5.11 Å². The highest BCUT2D eigenvalue weighted by molar-refractivity contribution is 5.60. The first kappa shape index (κ1) is 11.5. The summed E-state index contributed by atoms with van der Waals surface area (Å²) in [5.74, 6) is 0. The zero-order chi connectivity index (χ0) is 11.3. The van der Waals surface area contributed by atoms with Crippen LogP contribution in [0.15, 0.2) is 18.2 Å². The predicted octanol–water partition coefficient (Wildman–Crippen LogP) is 1.69. The average Bonchev–Trinajstić information content (AvgIpc) is 2.26. The van der Waals surface area contributed by atoms with Gasteiger partial charge in [-0.15, -0.1) is 0 Å². The number of rotatable bonds is 4. The van der Waals surface area contributed by atoms with E-state index in [0.717, 1.165) is 17.8 Å². The first-order valence-corrected chi connectivity index (χ1v) is 5.09. The zero-order valence-electron chi connectivity index (χ0n) is 9.20. The normalized spacial score (nSPS) is 9.73. The van der Waals surface area contributed by atoms with Crippen molar-refractivity contribution in [3.8, 4) is 6.07 Å². The molecule has 0 fully saturated rings. The van der Waals surface area contributed by atoms with Gasteiger partial charge in [0, 0.05) is 13.1 Å². The summed E-state index contributed by atoms with van der Waals surface area (Å²) in [5.41, 5.74) is 2.70. The third kappa shape index (κ3) is 2.71. The van der Waals surface area contributed by atoms with Gasteiger partial charge < -0.3 is 10.0 Å². The van der Waals surface area contributed by atoms with E-state index < -0.39 is 0 Å². The number of hydrogen-bond acceptors (Lipinski definition) is 3. The minimum Gasteiger partial charge on any atom is -0.395 e. The second-order valence-electron chi connectivity index (χ2n) is 3.44. The van der Waals surface area contributed by atoms with Crippen molar-refractivity contribution in [3.63, 3.8) is 0 Å². The molecule has 0 radical (unpaired) electrons. The van der Waals surface area contributed by atoms with Gasteiger partial charge in [0.1, 0.15) is 6.07 Å². The number of aliphatic hydroxyl groups is 1. The largest absolute Gasteiger partial charge is 0.395 e. The SMILES string of the molecule is CCN(CCO)c1cc(C)ccc1C#N. The summed E-state index contributed by atoms with van der Waals surface area (Å²) in [6.07, 6.45) is 0. The molecule has 0 aliphatic rings. The molecule has 0 aliphatic heterocycles. The summed E-state index contributed by atoms with van der Waals surface area (Å²) in [6.45, 7) is 5.47. The van der Waals surface area contributed by atoms with Gasteiger partial charge in [-0.2, -0.15) is 5.26 Å². The van der Waals surface area contributed by atoms with Crippen LogP contribution < -0.4 is 4.90 Å². The molecular weight excluding hydrogens is 188 g/mol. The number of benzene rings is 1. The molecule has 0 atom stereocenters. The van der Waals surface area contributed by atoms with Gasteiger partial charge in [-0.05, 0) is 31.5 Å². The fourth-order valence-corrected chi connectivity index (χ4v) is 1.57. The maximum atomic E-state index is 8.98. The third-order valence-corrected chi connectivity index (χ3v) is 2.37. The smallest absolute Gasteiger partial charge is 0.101 e. The number of aliphatic hydroxyl groups excluding tert-OH is 1. The Morgan fingerprint density at radius 1 is 1.47 bits per heavy atom. The molecule has 3 heteroatoms. The summed E-state index contributed by atoms with van der Waals surface area (Å²) in [5, 5.41) is 17.9. The highest BCUT2D eigenvalue weighted by Gasteiger charge is 2.08. The van der Waals surface area contributed by atoms with E-state index in [-0.39, 0.29) is 6.61 Å². The molecule has 0 saturated carbocycles. The lowest BCUT2D eigenvalue weighted by molar-refractivity contribution is 0.302. The Labute approximate surface area is 90.6 Å². The van der Waals surface area contributed by atoms with Gasteiger partial charge in [-0.1, -0.05) is 6.07 Å². The molecule has 1 rings (SSSR count). The summed E-state index contributed by atoms with van der Waals surface area (Å²) in [6, 6.07) is 7.91. The van der Waals surface area contributed by atoms with Gasteiger partial charge in [-0.25, -0.2) is 0 Å². The van der Waals surface area contributed by atoms with Gasteiger partial charge >= 0.3 is 0 Å². The van der Waals surface area contributed by atoms with Crippen LogP contribution in [0.5, 0.6) is 0 Å². The molecule has 80 valence electrons. The maximum Gasteiger partial charge on any atom is 0.101 e. The van der Waals surface area contributed by atoms with E-state index in [9.17, 15) is 0 Å². The standard InChI is InChI=1S/C12H16N2O/c1-3-14(6-7-15)12-8-10(2)4-5-11(12)9-13/h4-5,8,15H,3,6-7H2,1-2H3. The summed E-state index contributed by atoms with van der Waals surface area (Å²) < 4.78 is 0. The quantitative estimate of drug-likeness (QED) is 0.811. The Balaban J connectivity index is 3.09. The summed E-state index contributed by atoms with van der Waals surface area (Å²) in [7, 11) is 0. The van der Waals surface area contributed by atoms with E-state index in [4.69, 9.17) is 10.4 Å². The van der Waals surface area contributed by atoms with E-state index in [2.05, 4.69) is 6.07 Å². The maximum absolute atomic E-state index is 8.98. The topological polar surface area (TPSA) is 47.3 Å². The van der Waals surface area contributed by atoms with Gasteiger partial charge in [0.25, 0.3) is 0 Å². The fourth-order valence-electron chi connectivity index (χ4n) is 1.57. The number of aryl methyl sites for hydroxylation is 1. The predicted molar refractivity (Wildman–Crippen MR) is 60.9 cm³/mol. The minimum atomic E-state index is 0.104. The van der Waals surface area contributed by atoms with Crippen molar-refractivity contribution in [2.75, 3.05) is 24.6 Å². The zero-order valence-corrected chi connectivity index (χ0v) is 9.20. The molecule has 1 aromatic carbocycles. The van der Waals surface area contributed by atoms with Crippen LogP contribution in [-0.4, -0.2) is 24.8 Å². The Morgan fingerprint density at radius 3 is 2.73 bits per heavy atom. The Morgan fingerprint density at radius 2 is 2.20 bits per heavy atom. The highest BCUT2D eigenvalue weighted by Crippen LogP contribution is 2.21. The highest BCUT2D eigenvalue weighted by atomic mass is 16.3. The van der Waals surface area contributed by atoms with Crippen molar-refractivity contribution in [2.24, 2.45) is 0 Å². The van der Waals surface area contributed by atoms with Crippen LogP contribution in [-0.2, 0) is 0 Å². The van der Waals surface area contributed by atoms with Crippen molar-refractivity contribution in [1.29, 1.82) is 5.26 Å². The molecule has 0 amide bonds. The van der Waals surface area contributed by atoms with Gasteiger partial charge in [0.2, 0.25) is 0 Å². The lowest BCUT2D eigenvalue weighted by atomic mass is 10.1. The molecule has 1 N–H and O–H groups in total. The first-order chi connectivity index (χ1) is 7.22. The molecule has 3 nitrogen and oxygen atoms in total. The van der Waals surface area contributed by atoms with Crippen LogP contribution in [0, 0.1) is 18.3 Å². The lowest BCUT2D eigenvalue weighted by Gasteiger charge is -2.23. The first-order valence-electron chi connectivity index (χ1n) is 5.09. The van der Waals surface area contributed by atoms with E-state index in [0.29, 0.717) is 12.1 Å². The van der Waals surface area contributed by atoms with Crippen LogP contribution in [0.2, 0.25) is 0 Å². The van der Waals surface area contributed by atoms with E-state index in [1.165, 1.54) is 0 Å². The number of likely N-dealkylation sites (N-methyl/N-ethyl adjacent to an activating group) is 1. The second-order valence-corrected chi connectivity index (χ2v) is 3.44. The van der Waals surface area contributed by atoms with E-state index in [1.807, 2.05) is 36.9 Å². The monoisotopic (exact) mass is 204 g/mol. The third-order valence-electron chi connectivity index (χ3n) is 2.37. The molecule has 1 aromatic rings. The number of hydrogen-bond donors (Lipinski definition) is 1. The summed E-state index contributed by atoms with van der Waals surface area (Å²) in [4.78, 5) is 2.01. The molecule has 0 saturated heterocycles. The molecule has 0 spiro atoms. The number of nitrogens with zero attached hydrogens (tertiary/aromatic N) is 2. The molecule has 15 heavy (non-hydrogen) atoms. The Kier molecular flexibility index (Phi) is 4.14. The van der Waals surface area contributed by atoms with Gasteiger partial charge in [0.05, 0.1) is 17.9 Å². The van der Waals surface area contributed by atoms with Crippen molar-refractivity contribution in [3.05, 3.63) is 29.3 Å². The van der Waals surface area contributed by atoms with Crippen molar-refractivity contribution in [1.82, 2.24) is 0 Å². The molecule has 0 aromatic heterocycles. The van der Waals surface area contributed by atoms with Crippen LogP contribution in [0.25, 0.3) is 0 Å². The molecular formula is C12H16N2O. The van der Waals surface area contributed by atoms with Crippen LogP contribution in [0.4, 0.5) is 5.69 Å². The van der Waals surface area contributed by atoms with Gasteiger partial charge in [-0.3, -0.25) is 0 Å². The van der Waals surface area contributed by atoms with Crippen molar-refractivity contribution >= 4 is 5.69 Å². The molecule has 0 unspecified atom stereocenters. The Hall–Kier alpha value is -1.53. The Bertz CT molecular complexity index is 368. The van der Waals surface area contributed by atoms with Crippen molar-refractivity contribution in [2.45, 2.75) is 13.8 Å². The van der Waals surface area contributed by atoms with E-state index >= 15 is 0 Å². The second kappa shape index (κ2) is 5.38. The lowest BCUT2D eigenvalue weighted by Crippen LogP contribution is -2.26. The molecule has 0 aliphatic carbocycles. The van der Waals surface area contributed by atoms with E-state index in [1.54, 1.807) is 0 Å². The number of anilines is 1. The minimum absolute atomic E-state index is 0.104. The van der Waals surface area contributed by atoms with Crippen LogP contribution >= 0.6 is 0 Å². The number of nitriles is 1.